The van der Waals surface area contributed by atoms with Gasteiger partial charge in [0.05, 0.1) is 17.3 Å². The Hall–Kier alpha value is -3.30. The fourth-order valence-corrected chi connectivity index (χ4v) is 4.60. The molecular weight excluding hydrogens is 448 g/mol. The molecule has 0 saturated carbocycles. The van der Waals surface area contributed by atoms with Crippen molar-refractivity contribution in [3.8, 4) is 11.1 Å². The molecule has 0 aliphatic rings. The van der Waals surface area contributed by atoms with Gasteiger partial charge in [0.1, 0.15) is 10.6 Å². The molecule has 0 atom stereocenters. The van der Waals surface area contributed by atoms with E-state index in [0.717, 1.165) is 15.4 Å². The highest BCUT2D eigenvalue weighted by Gasteiger charge is 2.25. The van der Waals surface area contributed by atoms with Gasteiger partial charge in [0.25, 0.3) is 5.91 Å². The van der Waals surface area contributed by atoms with Gasteiger partial charge in [-0.05, 0) is 32.4 Å². The lowest BCUT2D eigenvalue weighted by molar-refractivity contribution is -0.142. The van der Waals surface area contributed by atoms with Crippen LogP contribution in [-0.2, 0) is 19.1 Å². The number of carbonyl (C=O) groups excluding carboxylic acids is 3. The number of nitrogens with zero attached hydrogens (tertiary/aromatic N) is 1. The van der Waals surface area contributed by atoms with Crippen molar-refractivity contribution >= 4 is 51.6 Å². The normalized spacial score (nSPS) is 10.8. The summed E-state index contributed by atoms with van der Waals surface area (Å²) >= 11 is 2.74. The zero-order valence-corrected chi connectivity index (χ0v) is 19.5. The Bertz CT molecular complexity index is 1150. The van der Waals surface area contributed by atoms with Crippen molar-refractivity contribution in [1.29, 1.82) is 0 Å². The Labute approximate surface area is 193 Å². The van der Waals surface area contributed by atoms with Crippen molar-refractivity contribution < 1.29 is 23.9 Å². The van der Waals surface area contributed by atoms with Gasteiger partial charge < -0.3 is 14.8 Å². The second-order valence-corrected chi connectivity index (χ2v) is 8.89. The highest BCUT2D eigenvalue weighted by atomic mass is 32.1. The second kappa shape index (κ2) is 10.8. The summed E-state index contributed by atoms with van der Waals surface area (Å²) in [6, 6.07) is 9.41. The molecule has 0 radical (unpaired) electrons. The van der Waals surface area contributed by atoms with Gasteiger partial charge in [0, 0.05) is 21.9 Å². The van der Waals surface area contributed by atoms with Crippen LogP contribution in [0.5, 0.6) is 0 Å². The zero-order valence-electron chi connectivity index (χ0n) is 17.8. The molecule has 2 aromatic heterocycles. The largest absolute Gasteiger partial charge is 0.462 e. The number of amides is 1. The third kappa shape index (κ3) is 5.89. The first-order chi connectivity index (χ1) is 15.4. The Morgan fingerprint density at radius 3 is 2.53 bits per heavy atom. The van der Waals surface area contributed by atoms with Crippen LogP contribution in [0.1, 0.15) is 32.9 Å². The predicted octanol–water partition coefficient (Wildman–Crippen LogP) is 4.86. The lowest BCUT2D eigenvalue weighted by Crippen LogP contribution is -2.21. The summed E-state index contributed by atoms with van der Waals surface area (Å²) in [5, 5.41) is 5.73. The first-order valence-electron chi connectivity index (χ1n) is 9.81. The highest BCUT2D eigenvalue weighted by Crippen LogP contribution is 2.40. The Morgan fingerprint density at radius 2 is 1.88 bits per heavy atom. The fraction of sp³-hybridized carbons (Fsp3) is 0.217. The minimum absolute atomic E-state index is 0.206. The van der Waals surface area contributed by atoms with Crippen LogP contribution in [0.4, 0.5) is 5.00 Å². The number of thiophene rings is 1. The molecule has 2 heterocycles. The van der Waals surface area contributed by atoms with Crippen LogP contribution in [-0.4, -0.2) is 36.0 Å². The van der Waals surface area contributed by atoms with Gasteiger partial charge in [-0.15, -0.1) is 22.7 Å². The number of ether oxygens (including phenoxy) is 2. The average Bonchev–Trinajstić information content (AvgIpc) is 3.33. The summed E-state index contributed by atoms with van der Waals surface area (Å²) in [6.07, 6.45) is 2.74. The SMILES string of the molecule is CCOC(=O)c1c(NC(=O)COC(=O)/C=C/c2csc(C)n2)sc(C)c1-c1ccccc1. The van der Waals surface area contributed by atoms with Crippen molar-refractivity contribution in [3.63, 3.8) is 0 Å². The van der Waals surface area contributed by atoms with Crippen LogP contribution < -0.4 is 5.32 Å². The van der Waals surface area contributed by atoms with Gasteiger partial charge >= 0.3 is 11.9 Å². The molecule has 3 aromatic rings. The van der Waals surface area contributed by atoms with Crippen molar-refractivity contribution in [2.24, 2.45) is 0 Å². The molecule has 0 fully saturated rings. The topological polar surface area (TPSA) is 94.6 Å². The van der Waals surface area contributed by atoms with E-state index in [1.165, 1.54) is 34.8 Å². The quantitative estimate of drug-likeness (QED) is 0.373. The number of nitrogens with one attached hydrogen (secondary N) is 1. The number of anilines is 1. The van der Waals surface area contributed by atoms with E-state index < -0.39 is 24.5 Å². The molecule has 0 aliphatic heterocycles. The Kier molecular flexibility index (Phi) is 7.91. The minimum Gasteiger partial charge on any atom is -0.462 e. The molecule has 0 aliphatic carbocycles. The third-order valence-corrected chi connectivity index (χ3v) is 6.06. The molecule has 0 bridgehead atoms. The lowest BCUT2D eigenvalue weighted by atomic mass is 10.0. The number of carbonyl (C=O) groups is 3. The molecule has 0 unspecified atom stereocenters. The van der Waals surface area contributed by atoms with E-state index in [2.05, 4.69) is 10.3 Å². The van der Waals surface area contributed by atoms with E-state index in [4.69, 9.17) is 9.47 Å². The summed E-state index contributed by atoms with van der Waals surface area (Å²) in [6.45, 7) is 5.18. The first-order valence-corrected chi connectivity index (χ1v) is 11.5. The summed E-state index contributed by atoms with van der Waals surface area (Å²) < 4.78 is 10.2. The molecule has 3 rings (SSSR count). The summed E-state index contributed by atoms with van der Waals surface area (Å²) in [5.74, 6) is -1.74. The maximum atomic E-state index is 12.7. The molecule has 1 N–H and O–H groups in total. The van der Waals surface area contributed by atoms with Gasteiger partial charge in [-0.3, -0.25) is 4.79 Å². The number of hydrogen-bond donors (Lipinski definition) is 1. The van der Waals surface area contributed by atoms with E-state index in [9.17, 15) is 14.4 Å². The number of esters is 2. The van der Waals surface area contributed by atoms with Gasteiger partial charge in [0.15, 0.2) is 6.61 Å². The molecule has 1 aromatic carbocycles. The molecule has 32 heavy (non-hydrogen) atoms. The van der Waals surface area contributed by atoms with E-state index in [0.29, 0.717) is 21.8 Å². The van der Waals surface area contributed by atoms with Crippen LogP contribution in [0.15, 0.2) is 41.8 Å². The van der Waals surface area contributed by atoms with E-state index in [1.54, 1.807) is 6.92 Å². The molecule has 9 heteroatoms. The maximum Gasteiger partial charge on any atom is 0.341 e. The Morgan fingerprint density at radius 1 is 1.12 bits per heavy atom. The molecule has 166 valence electrons. The van der Waals surface area contributed by atoms with E-state index in [1.807, 2.05) is 49.6 Å². The van der Waals surface area contributed by atoms with Crippen LogP contribution in [0.2, 0.25) is 0 Å². The number of rotatable bonds is 8. The number of aryl methyl sites for hydroxylation is 2. The van der Waals surface area contributed by atoms with Crippen molar-refractivity contribution in [2.75, 3.05) is 18.5 Å². The van der Waals surface area contributed by atoms with Crippen molar-refractivity contribution in [3.05, 3.63) is 62.9 Å². The zero-order chi connectivity index (χ0) is 23.1. The Balaban J connectivity index is 1.72. The highest BCUT2D eigenvalue weighted by molar-refractivity contribution is 7.17. The lowest BCUT2D eigenvalue weighted by Gasteiger charge is -2.09. The number of benzene rings is 1. The maximum absolute atomic E-state index is 12.7. The van der Waals surface area contributed by atoms with Gasteiger partial charge in [-0.1, -0.05) is 30.3 Å². The standard InChI is InChI=1S/C23H22N2O5S2/c1-4-29-23(28)21-20(16-8-6-5-7-9-16)14(2)32-22(21)25-18(26)12-30-19(27)11-10-17-13-31-15(3)24-17/h5-11,13H,4,12H2,1-3H3,(H,25,26)/b11-10+. The molecule has 1 amide bonds. The van der Waals surface area contributed by atoms with Gasteiger partial charge in [0.2, 0.25) is 0 Å². The van der Waals surface area contributed by atoms with Crippen molar-refractivity contribution in [1.82, 2.24) is 4.98 Å². The van der Waals surface area contributed by atoms with E-state index >= 15 is 0 Å². The number of thiazole rings is 1. The molecule has 0 spiro atoms. The van der Waals surface area contributed by atoms with Crippen LogP contribution >= 0.6 is 22.7 Å². The van der Waals surface area contributed by atoms with Crippen LogP contribution in [0.25, 0.3) is 17.2 Å². The van der Waals surface area contributed by atoms with Crippen LogP contribution in [0.3, 0.4) is 0 Å². The smallest absolute Gasteiger partial charge is 0.341 e. The molecule has 7 nitrogen and oxygen atoms in total. The number of aromatic nitrogens is 1. The monoisotopic (exact) mass is 470 g/mol. The summed E-state index contributed by atoms with van der Waals surface area (Å²) in [7, 11) is 0. The van der Waals surface area contributed by atoms with E-state index in [-0.39, 0.29) is 6.61 Å². The van der Waals surface area contributed by atoms with Gasteiger partial charge in [-0.25, -0.2) is 14.6 Å². The fourth-order valence-electron chi connectivity index (χ4n) is 2.94. The summed E-state index contributed by atoms with van der Waals surface area (Å²) in [5.41, 5.74) is 2.50. The number of hydrogen-bond acceptors (Lipinski definition) is 8. The average molecular weight is 471 g/mol. The summed E-state index contributed by atoms with van der Waals surface area (Å²) in [4.78, 5) is 42.1. The third-order valence-electron chi connectivity index (χ3n) is 4.25. The van der Waals surface area contributed by atoms with Crippen LogP contribution in [0, 0.1) is 13.8 Å². The van der Waals surface area contributed by atoms with Gasteiger partial charge in [-0.2, -0.15) is 0 Å². The predicted molar refractivity (Wildman–Crippen MR) is 126 cm³/mol. The first kappa shape index (κ1) is 23.4. The molecular formula is C23H22N2O5S2. The minimum atomic E-state index is -0.663. The molecule has 0 saturated heterocycles. The van der Waals surface area contributed by atoms with Crippen molar-refractivity contribution in [2.45, 2.75) is 20.8 Å². The second-order valence-electron chi connectivity index (χ2n) is 6.60.